The molecule has 0 aliphatic carbocycles. The molecular formula is C7H12N2O. The van der Waals surface area contributed by atoms with Crippen molar-refractivity contribution in [2.24, 2.45) is 0 Å². The molecule has 0 aromatic carbocycles. The summed E-state index contributed by atoms with van der Waals surface area (Å²) in [6, 6.07) is 1.74. The Morgan fingerprint density at radius 2 is 2.40 bits per heavy atom. The summed E-state index contributed by atoms with van der Waals surface area (Å²) in [6.45, 7) is 2.74. The number of nitrogens with one attached hydrogen (secondary N) is 2. The van der Waals surface area contributed by atoms with Crippen LogP contribution in [0.4, 0.5) is 4.79 Å². The van der Waals surface area contributed by atoms with Crippen molar-refractivity contribution in [3.05, 3.63) is 0 Å². The summed E-state index contributed by atoms with van der Waals surface area (Å²) in [4.78, 5) is 10.6. The molecule has 0 aromatic heterocycles. The fourth-order valence-corrected chi connectivity index (χ4v) is 0.488. The topological polar surface area (TPSA) is 41.1 Å². The molecule has 10 heavy (non-hydrogen) atoms. The fraction of sp³-hybridized carbons (Fsp3) is 0.571. The van der Waals surface area contributed by atoms with E-state index in [0.717, 1.165) is 12.8 Å². The Balaban J connectivity index is 3.15. The highest BCUT2D eigenvalue weighted by atomic mass is 16.2. The van der Waals surface area contributed by atoms with Gasteiger partial charge in [0.2, 0.25) is 0 Å². The SMILES string of the molecule is C#CNC(=O)NCCCC. The lowest BCUT2D eigenvalue weighted by atomic mass is 10.3. The van der Waals surface area contributed by atoms with Crippen molar-refractivity contribution < 1.29 is 4.79 Å². The quantitative estimate of drug-likeness (QED) is 0.338. The van der Waals surface area contributed by atoms with Crippen LogP contribution in [-0.4, -0.2) is 12.6 Å². The van der Waals surface area contributed by atoms with Gasteiger partial charge in [-0.15, -0.1) is 0 Å². The molecule has 2 N–H and O–H groups in total. The first-order chi connectivity index (χ1) is 4.81. The molecule has 0 unspecified atom stereocenters. The molecule has 0 aliphatic rings. The lowest BCUT2D eigenvalue weighted by Crippen LogP contribution is -2.32. The standard InChI is InChI=1S/C7H12N2O/c1-3-5-6-9-7(10)8-4-2/h2H,3,5-6H2,1H3,(H2,8,9,10). The van der Waals surface area contributed by atoms with Crippen molar-refractivity contribution in [1.82, 2.24) is 10.6 Å². The molecule has 0 fully saturated rings. The summed E-state index contributed by atoms with van der Waals surface area (Å²) in [5.41, 5.74) is 0. The number of rotatable bonds is 3. The molecule has 0 radical (unpaired) electrons. The van der Waals surface area contributed by atoms with Gasteiger partial charge in [-0.05, 0) is 6.42 Å². The van der Waals surface area contributed by atoms with Crippen molar-refractivity contribution in [3.63, 3.8) is 0 Å². The van der Waals surface area contributed by atoms with E-state index in [-0.39, 0.29) is 6.03 Å². The van der Waals surface area contributed by atoms with Crippen LogP contribution >= 0.6 is 0 Å². The molecule has 0 bridgehead atoms. The summed E-state index contributed by atoms with van der Waals surface area (Å²) >= 11 is 0. The van der Waals surface area contributed by atoms with Gasteiger partial charge in [0.25, 0.3) is 0 Å². The first-order valence-corrected chi connectivity index (χ1v) is 3.30. The molecule has 3 nitrogen and oxygen atoms in total. The molecule has 0 saturated heterocycles. The molecule has 0 atom stereocenters. The predicted octanol–water partition coefficient (Wildman–Crippen LogP) is 0.676. The zero-order valence-electron chi connectivity index (χ0n) is 6.11. The van der Waals surface area contributed by atoms with Crippen LogP contribution in [0.2, 0.25) is 0 Å². The maximum atomic E-state index is 10.6. The fourth-order valence-electron chi connectivity index (χ4n) is 0.488. The van der Waals surface area contributed by atoms with Gasteiger partial charge in [-0.1, -0.05) is 19.8 Å². The van der Waals surface area contributed by atoms with Gasteiger partial charge in [-0.3, -0.25) is 5.32 Å². The van der Waals surface area contributed by atoms with Crippen molar-refractivity contribution >= 4 is 6.03 Å². The Bertz CT molecular complexity index is 137. The highest BCUT2D eigenvalue weighted by Gasteiger charge is 1.92. The summed E-state index contributed by atoms with van der Waals surface area (Å²) < 4.78 is 0. The predicted molar refractivity (Wildman–Crippen MR) is 40.3 cm³/mol. The Kier molecular flexibility index (Phi) is 5.26. The molecule has 0 aromatic rings. The van der Waals surface area contributed by atoms with Crippen molar-refractivity contribution in [2.75, 3.05) is 6.54 Å². The van der Waals surface area contributed by atoms with Gasteiger partial charge in [0.1, 0.15) is 0 Å². The highest BCUT2D eigenvalue weighted by Crippen LogP contribution is 1.81. The third kappa shape index (κ3) is 4.98. The van der Waals surface area contributed by atoms with Crippen LogP contribution in [-0.2, 0) is 0 Å². The monoisotopic (exact) mass is 140 g/mol. The summed E-state index contributed by atoms with van der Waals surface area (Å²) in [7, 11) is 0. The van der Waals surface area contributed by atoms with Crippen LogP contribution in [0.1, 0.15) is 19.8 Å². The maximum absolute atomic E-state index is 10.6. The van der Waals surface area contributed by atoms with E-state index in [4.69, 9.17) is 6.42 Å². The molecular weight excluding hydrogens is 128 g/mol. The van der Waals surface area contributed by atoms with E-state index < -0.39 is 0 Å². The van der Waals surface area contributed by atoms with Crippen LogP contribution in [0.5, 0.6) is 0 Å². The number of hydrogen-bond acceptors (Lipinski definition) is 1. The van der Waals surface area contributed by atoms with Crippen LogP contribution < -0.4 is 10.6 Å². The number of urea groups is 1. The zero-order chi connectivity index (χ0) is 7.82. The third-order valence-corrected chi connectivity index (χ3v) is 1.00. The lowest BCUT2D eigenvalue weighted by Gasteiger charge is -2.00. The first-order valence-electron chi connectivity index (χ1n) is 3.30. The van der Waals surface area contributed by atoms with E-state index in [1.165, 1.54) is 0 Å². The van der Waals surface area contributed by atoms with Gasteiger partial charge in [-0.2, -0.15) is 0 Å². The molecule has 3 heteroatoms. The largest absolute Gasteiger partial charge is 0.337 e. The Morgan fingerprint density at radius 1 is 1.70 bits per heavy atom. The van der Waals surface area contributed by atoms with Crippen LogP contribution in [0.25, 0.3) is 0 Å². The number of amides is 2. The minimum Gasteiger partial charge on any atom is -0.337 e. The van der Waals surface area contributed by atoms with E-state index in [9.17, 15) is 4.79 Å². The van der Waals surface area contributed by atoms with E-state index in [0.29, 0.717) is 6.54 Å². The second kappa shape index (κ2) is 5.96. The molecule has 0 rings (SSSR count). The summed E-state index contributed by atoms with van der Waals surface area (Å²) in [5.74, 6) is 0. The minimum absolute atomic E-state index is 0.295. The normalized spacial score (nSPS) is 8.00. The highest BCUT2D eigenvalue weighted by molar-refractivity contribution is 5.75. The Labute approximate surface area is 61.2 Å². The van der Waals surface area contributed by atoms with Gasteiger partial charge in [-0.25, -0.2) is 4.79 Å². The average molecular weight is 140 g/mol. The molecule has 0 saturated carbocycles. The van der Waals surface area contributed by atoms with Crippen LogP contribution in [0.15, 0.2) is 0 Å². The van der Waals surface area contributed by atoms with Crippen molar-refractivity contribution in [2.45, 2.75) is 19.8 Å². The maximum Gasteiger partial charge on any atom is 0.326 e. The number of carbonyl (C=O) groups excluding carboxylic acids is 1. The lowest BCUT2D eigenvalue weighted by molar-refractivity contribution is 0.244. The van der Waals surface area contributed by atoms with E-state index in [1.807, 2.05) is 6.04 Å². The summed E-state index contributed by atoms with van der Waals surface area (Å²) in [6.07, 6.45) is 6.86. The third-order valence-electron chi connectivity index (χ3n) is 1.00. The van der Waals surface area contributed by atoms with Gasteiger partial charge < -0.3 is 5.32 Å². The number of terminal acetylenes is 1. The van der Waals surface area contributed by atoms with Crippen molar-refractivity contribution in [3.8, 4) is 12.5 Å². The molecule has 0 aliphatic heterocycles. The Morgan fingerprint density at radius 3 is 2.90 bits per heavy atom. The van der Waals surface area contributed by atoms with Gasteiger partial charge in [0, 0.05) is 12.6 Å². The zero-order valence-corrected chi connectivity index (χ0v) is 6.11. The van der Waals surface area contributed by atoms with Crippen LogP contribution in [0, 0.1) is 12.5 Å². The number of carbonyl (C=O) groups is 1. The second-order valence-electron chi connectivity index (χ2n) is 1.88. The first kappa shape index (κ1) is 8.83. The van der Waals surface area contributed by atoms with E-state index >= 15 is 0 Å². The second-order valence-corrected chi connectivity index (χ2v) is 1.88. The smallest absolute Gasteiger partial charge is 0.326 e. The van der Waals surface area contributed by atoms with Crippen LogP contribution in [0.3, 0.4) is 0 Å². The number of unbranched alkanes of at least 4 members (excludes halogenated alkanes) is 1. The molecule has 2 amide bonds. The van der Waals surface area contributed by atoms with E-state index in [2.05, 4.69) is 17.6 Å². The van der Waals surface area contributed by atoms with Gasteiger partial charge in [0.05, 0.1) is 0 Å². The van der Waals surface area contributed by atoms with Gasteiger partial charge in [0.15, 0.2) is 0 Å². The van der Waals surface area contributed by atoms with Crippen molar-refractivity contribution in [1.29, 1.82) is 0 Å². The molecule has 56 valence electrons. The molecule has 0 heterocycles. The average Bonchev–Trinajstić information content (AvgIpc) is 1.89. The number of hydrogen-bond donors (Lipinski definition) is 2. The Hall–Kier alpha value is -1.17. The summed E-state index contributed by atoms with van der Waals surface area (Å²) in [5, 5.41) is 4.77. The molecule has 0 spiro atoms. The minimum atomic E-state index is -0.295. The van der Waals surface area contributed by atoms with E-state index in [1.54, 1.807) is 0 Å². The van der Waals surface area contributed by atoms with Gasteiger partial charge >= 0.3 is 6.03 Å².